The number of halogens is 3. The van der Waals surface area contributed by atoms with E-state index in [4.69, 9.17) is 4.74 Å². The molecule has 0 amide bonds. The van der Waals surface area contributed by atoms with Gasteiger partial charge in [-0.15, -0.1) is 0 Å². The summed E-state index contributed by atoms with van der Waals surface area (Å²) >= 11 is 0. The van der Waals surface area contributed by atoms with Gasteiger partial charge < -0.3 is 9.84 Å². The number of hydrogen-bond donors (Lipinski definition) is 1. The molecule has 2 aromatic rings. The third kappa shape index (κ3) is 3.77. The lowest BCUT2D eigenvalue weighted by Crippen LogP contribution is -2.17. The number of esters is 1. The van der Waals surface area contributed by atoms with Crippen molar-refractivity contribution < 1.29 is 36.2 Å². The van der Waals surface area contributed by atoms with Crippen molar-refractivity contribution in [3.63, 3.8) is 0 Å². The van der Waals surface area contributed by atoms with Gasteiger partial charge in [-0.25, -0.2) is 21.6 Å². The molecule has 28 heavy (non-hydrogen) atoms. The Morgan fingerprint density at radius 1 is 1.21 bits per heavy atom. The quantitative estimate of drug-likeness (QED) is 0.778. The number of aliphatic hydroxyl groups excluding tert-OH is 1. The van der Waals surface area contributed by atoms with Crippen LogP contribution in [0.25, 0.3) is 0 Å². The molecule has 0 saturated heterocycles. The smallest absolute Gasteiger partial charge is 0.303 e. The molecule has 1 aliphatic rings. The lowest BCUT2D eigenvalue weighted by Gasteiger charge is -2.20. The monoisotopic (exact) mass is 414 g/mol. The minimum absolute atomic E-state index is 0.0568. The van der Waals surface area contributed by atoms with Crippen LogP contribution in [0.2, 0.25) is 0 Å². The molecule has 0 spiro atoms. The largest absolute Gasteiger partial charge is 0.454 e. The van der Waals surface area contributed by atoms with Crippen LogP contribution in [0.3, 0.4) is 0 Å². The van der Waals surface area contributed by atoms with E-state index in [0.717, 1.165) is 31.4 Å². The SMILES string of the molecule is CC(=O)O[C@H]1c2c(S(C)(=O)=O)ccc([C@@H](O)c3cc(F)cc(F)c3)c2C[C@H]1F. The molecule has 0 unspecified atom stereocenters. The minimum Gasteiger partial charge on any atom is -0.454 e. The molecule has 0 saturated carbocycles. The predicted octanol–water partition coefficient (Wildman–Crippen LogP) is 2.95. The Morgan fingerprint density at radius 3 is 2.36 bits per heavy atom. The van der Waals surface area contributed by atoms with Crippen molar-refractivity contribution in [3.8, 4) is 0 Å². The van der Waals surface area contributed by atoms with Crippen molar-refractivity contribution in [3.05, 3.63) is 64.2 Å². The molecule has 3 rings (SSSR count). The summed E-state index contributed by atoms with van der Waals surface area (Å²) in [6.07, 6.45) is -4.10. The molecule has 150 valence electrons. The van der Waals surface area contributed by atoms with Crippen molar-refractivity contribution >= 4 is 15.8 Å². The molecule has 3 atom stereocenters. The maximum Gasteiger partial charge on any atom is 0.303 e. The van der Waals surface area contributed by atoms with E-state index in [9.17, 15) is 31.5 Å². The predicted molar refractivity (Wildman–Crippen MR) is 93.1 cm³/mol. The average Bonchev–Trinajstić information content (AvgIpc) is 2.87. The van der Waals surface area contributed by atoms with Crippen molar-refractivity contribution in [2.75, 3.05) is 6.26 Å². The summed E-state index contributed by atoms with van der Waals surface area (Å²) in [4.78, 5) is 11.1. The van der Waals surface area contributed by atoms with Crippen LogP contribution < -0.4 is 0 Å². The molecule has 2 aromatic carbocycles. The highest BCUT2D eigenvalue weighted by molar-refractivity contribution is 7.90. The maximum atomic E-state index is 14.6. The first-order chi connectivity index (χ1) is 13.0. The third-order valence-electron chi connectivity index (χ3n) is 4.55. The number of rotatable bonds is 4. The maximum absolute atomic E-state index is 14.6. The van der Waals surface area contributed by atoms with Crippen molar-refractivity contribution in [1.29, 1.82) is 0 Å². The summed E-state index contributed by atoms with van der Waals surface area (Å²) in [6.45, 7) is 1.07. The molecule has 0 bridgehead atoms. The number of hydrogen-bond acceptors (Lipinski definition) is 5. The standard InChI is InChI=1S/C19H17F3O5S/c1-9(23)27-19-15(22)8-14-13(3-4-16(17(14)19)28(2,25)26)18(24)10-5-11(20)7-12(21)6-10/h3-7,15,18-19,24H,8H2,1-2H3/t15-,18+,19-/m1/s1. The Labute approximate surface area is 159 Å². The van der Waals surface area contributed by atoms with Gasteiger partial charge in [-0.05, 0) is 34.9 Å². The normalized spacial score (nSPS) is 19.9. The highest BCUT2D eigenvalue weighted by atomic mass is 32.2. The fourth-order valence-electron chi connectivity index (χ4n) is 3.49. The Hall–Kier alpha value is -2.39. The van der Waals surface area contributed by atoms with Gasteiger partial charge in [0.25, 0.3) is 0 Å². The fourth-order valence-corrected chi connectivity index (χ4v) is 4.44. The van der Waals surface area contributed by atoms with Gasteiger partial charge in [0.2, 0.25) is 0 Å². The Bertz CT molecular complexity index is 1030. The van der Waals surface area contributed by atoms with Crippen molar-refractivity contribution in [2.24, 2.45) is 0 Å². The van der Waals surface area contributed by atoms with E-state index in [1.54, 1.807) is 0 Å². The number of sulfone groups is 1. The van der Waals surface area contributed by atoms with Crippen LogP contribution in [0.5, 0.6) is 0 Å². The first kappa shape index (κ1) is 20.3. The molecule has 1 aliphatic carbocycles. The molecule has 0 aliphatic heterocycles. The van der Waals surface area contributed by atoms with E-state index < -0.39 is 45.8 Å². The summed E-state index contributed by atoms with van der Waals surface area (Å²) in [5, 5.41) is 10.6. The van der Waals surface area contributed by atoms with E-state index in [2.05, 4.69) is 0 Å². The second-order valence-electron chi connectivity index (χ2n) is 6.67. The van der Waals surface area contributed by atoms with Crippen molar-refractivity contribution in [2.45, 2.75) is 36.6 Å². The molecule has 0 heterocycles. The van der Waals surface area contributed by atoms with Gasteiger partial charge in [0, 0.05) is 31.2 Å². The first-order valence-corrected chi connectivity index (χ1v) is 10.2. The highest BCUT2D eigenvalue weighted by Crippen LogP contribution is 2.44. The third-order valence-corrected chi connectivity index (χ3v) is 5.71. The van der Waals surface area contributed by atoms with Gasteiger partial charge in [0.1, 0.15) is 23.9 Å². The Kier molecular flexibility index (Phi) is 5.24. The summed E-state index contributed by atoms with van der Waals surface area (Å²) in [5.41, 5.74) is 0.0559. The van der Waals surface area contributed by atoms with Crippen LogP contribution in [-0.4, -0.2) is 31.9 Å². The zero-order valence-electron chi connectivity index (χ0n) is 14.9. The van der Waals surface area contributed by atoms with E-state index in [0.29, 0.717) is 6.07 Å². The number of benzene rings is 2. The van der Waals surface area contributed by atoms with Crippen LogP contribution in [0.4, 0.5) is 13.2 Å². The van der Waals surface area contributed by atoms with E-state index >= 15 is 0 Å². The van der Waals surface area contributed by atoms with Gasteiger partial charge in [-0.1, -0.05) is 6.07 Å². The molecule has 1 N–H and O–H groups in total. The number of fused-ring (bicyclic) bond motifs is 1. The lowest BCUT2D eigenvalue weighted by molar-refractivity contribution is -0.149. The van der Waals surface area contributed by atoms with Crippen LogP contribution in [0, 0.1) is 11.6 Å². The highest BCUT2D eigenvalue weighted by Gasteiger charge is 2.41. The molecular formula is C19H17F3O5S. The molecule has 0 radical (unpaired) electrons. The first-order valence-electron chi connectivity index (χ1n) is 8.30. The van der Waals surface area contributed by atoms with E-state index in [-0.39, 0.29) is 33.6 Å². The second-order valence-corrected chi connectivity index (χ2v) is 8.66. The summed E-state index contributed by atoms with van der Waals surface area (Å²) < 4.78 is 70.9. The molecule has 9 heteroatoms. The Balaban J connectivity index is 2.20. The zero-order valence-corrected chi connectivity index (χ0v) is 15.8. The minimum atomic E-state index is -3.80. The van der Waals surface area contributed by atoms with Crippen molar-refractivity contribution in [1.82, 2.24) is 0 Å². The number of aliphatic hydroxyl groups is 1. The molecule has 0 aromatic heterocycles. The van der Waals surface area contributed by atoms with Gasteiger partial charge in [-0.3, -0.25) is 4.79 Å². The summed E-state index contributed by atoms with van der Waals surface area (Å²) in [7, 11) is -3.80. The van der Waals surface area contributed by atoms with Crippen LogP contribution >= 0.6 is 0 Å². The number of carbonyl (C=O) groups is 1. The molecule has 0 fully saturated rings. The summed E-state index contributed by atoms with van der Waals surface area (Å²) in [6, 6.07) is 4.93. The molecular weight excluding hydrogens is 397 g/mol. The average molecular weight is 414 g/mol. The van der Waals surface area contributed by atoms with Gasteiger partial charge in [0.05, 0.1) is 4.90 Å². The van der Waals surface area contributed by atoms with Crippen LogP contribution in [0.1, 0.15) is 41.4 Å². The topological polar surface area (TPSA) is 80.7 Å². The van der Waals surface area contributed by atoms with E-state index in [1.807, 2.05) is 0 Å². The second kappa shape index (κ2) is 7.21. The van der Waals surface area contributed by atoms with E-state index in [1.165, 1.54) is 6.07 Å². The van der Waals surface area contributed by atoms with Crippen LogP contribution in [-0.2, 0) is 25.8 Å². The Morgan fingerprint density at radius 2 is 1.82 bits per heavy atom. The van der Waals surface area contributed by atoms with Gasteiger partial charge in [-0.2, -0.15) is 0 Å². The summed E-state index contributed by atoms with van der Waals surface area (Å²) in [5.74, 6) is -2.60. The van der Waals surface area contributed by atoms with Crippen LogP contribution in [0.15, 0.2) is 35.2 Å². The molecule has 5 nitrogen and oxygen atoms in total. The number of carbonyl (C=O) groups excluding carboxylic acids is 1. The van der Waals surface area contributed by atoms with Gasteiger partial charge >= 0.3 is 5.97 Å². The lowest BCUT2D eigenvalue weighted by atomic mass is 9.94. The fraction of sp³-hybridized carbons (Fsp3) is 0.316. The number of ether oxygens (including phenoxy) is 1. The number of alkyl halides is 1. The van der Waals surface area contributed by atoms with Gasteiger partial charge in [0.15, 0.2) is 15.9 Å². The zero-order chi connectivity index (χ0) is 20.8.